The zero-order valence-electron chi connectivity index (χ0n) is 36.8. The largest absolute Gasteiger partial charge is 0.507 e. The van der Waals surface area contributed by atoms with Crippen molar-refractivity contribution in [1.29, 1.82) is 0 Å². The van der Waals surface area contributed by atoms with Crippen molar-refractivity contribution in [2.45, 2.75) is 130 Å². The van der Waals surface area contributed by atoms with Crippen LogP contribution in [0, 0.1) is 30.6 Å². The van der Waals surface area contributed by atoms with E-state index in [0.717, 1.165) is 19.6 Å². The molecule has 2 aromatic carbocycles. The van der Waals surface area contributed by atoms with Crippen LogP contribution in [0.5, 0.6) is 17.2 Å². The van der Waals surface area contributed by atoms with Gasteiger partial charge in [-0.1, -0.05) is 52.8 Å². The van der Waals surface area contributed by atoms with Crippen molar-refractivity contribution in [3.8, 4) is 17.2 Å². The molecule has 8 rings (SSSR count). The Kier molecular flexibility index (Phi) is 11.8. The lowest BCUT2D eigenvalue weighted by Crippen LogP contribution is -2.55. The minimum absolute atomic E-state index is 0.00475. The number of carbonyl (C=O) groups is 2. The zero-order valence-corrected chi connectivity index (χ0v) is 36.8. The molecular formula is C46H62N4O10. The highest BCUT2D eigenvalue weighted by molar-refractivity contribution is 6.19. The van der Waals surface area contributed by atoms with E-state index in [4.69, 9.17) is 33.7 Å². The summed E-state index contributed by atoms with van der Waals surface area (Å²) in [5, 5.41) is 39.1. The number of aliphatic hydroxyl groups is 1. The van der Waals surface area contributed by atoms with Crippen LogP contribution in [0.25, 0.3) is 10.8 Å². The number of hydrogen-bond acceptors (Lipinski definition) is 13. The Morgan fingerprint density at radius 2 is 1.62 bits per heavy atom. The molecular weight excluding hydrogens is 769 g/mol. The van der Waals surface area contributed by atoms with Crippen LogP contribution in [0.2, 0.25) is 0 Å². The number of allylic oxidation sites excluding steroid dienone is 2. The number of phenolic OH excluding ortho intramolecular Hbond substituents is 2. The van der Waals surface area contributed by atoms with Crippen molar-refractivity contribution in [3.63, 3.8) is 0 Å². The van der Waals surface area contributed by atoms with Crippen LogP contribution < -0.4 is 20.8 Å². The van der Waals surface area contributed by atoms with Gasteiger partial charge in [-0.2, -0.15) is 0 Å². The Morgan fingerprint density at radius 3 is 2.28 bits per heavy atom. The number of ketones is 1. The number of likely N-dealkylation sites (tertiary alicyclic amines) is 1. The molecule has 1 spiro atoms. The quantitative estimate of drug-likeness (QED) is 0.278. The van der Waals surface area contributed by atoms with Gasteiger partial charge < -0.3 is 49.2 Å². The summed E-state index contributed by atoms with van der Waals surface area (Å²) in [6.07, 6.45) is 7.70. The molecule has 0 aliphatic carbocycles. The average molecular weight is 831 g/mol. The number of amides is 1. The van der Waals surface area contributed by atoms with Crippen molar-refractivity contribution >= 4 is 28.2 Å². The van der Waals surface area contributed by atoms with Crippen LogP contribution in [0.15, 0.2) is 46.1 Å². The van der Waals surface area contributed by atoms with Crippen molar-refractivity contribution in [1.82, 2.24) is 4.90 Å². The highest BCUT2D eigenvalue weighted by atomic mass is 16.7. The topological polar surface area (TPSA) is 181 Å². The molecule has 0 radical (unpaired) electrons. The third kappa shape index (κ3) is 7.85. The summed E-state index contributed by atoms with van der Waals surface area (Å²) in [7, 11) is 1.53. The van der Waals surface area contributed by atoms with Crippen LogP contribution in [0.1, 0.15) is 97.5 Å². The molecule has 2 fully saturated rings. The number of aromatic hydroxyl groups is 2. The maximum absolute atomic E-state index is 14.7. The molecule has 326 valence electrons. The Labute approximate surface area is 352 Å². The molecule has 2 aromatic rings. The fourth-order valence-corrected chi connectivity index (χ4v) is 9.49. The van der Waals surface area contributed by atoms with Crippen LogP contribution in [0.4, 0.5) is 5.69 Å². The number of Topliss-reactive ketones (excluding diaryl/α,β-unsaturated/α-hetero) is 1. The van der Waals surface area contributed by atoms with E-state index in [2.05, 4.69) is 31.0 Å². The molecule has 2 saturated heterocycles. The van der Waals surface area contributed by atoms with Gasteiger partial charge in [0.1, 0.15) is 22.5 Å². The lowest BCUT2D eigenvalue weighted by molar-refractivity contribution is -0.335. The van der Waals surface area contributed by atoms with E-state index in [9.17, 15) is 24.9 Å². The molecule has 7 bridgehead atoms. The second kappa shape index (κ2) is 16.2. The van der Waals surface area contributed by atoms with Gasteiger partial charge >= 0.3 is 5.79 Å². The Balaban J connectivity index is 1.38. The first-order valence-electron chi connectivity index (χ1n) is 21.3. The van der Waals surface area contributed by atoms with Gasteiger partial charge in [-0.05, 0) is 39.7 Å². The van der Waals surface area contributed by atoms with Crippen LogP contribution in [-0.2, 0) is 23.7 Å². The van der Waals surface area contributed by atoms with Crippen molar-refractivity contribution in [2.24, 2.45) is 33.7 Å². The predicted octanol–water partition coefficient (Wildman–Crippen LogP) is 5.73. The van der Waals surface area contributed by atoms with E-state index in [0.29, 0.717) is 24.3 Å². The molecule has 14 nitrogen and oxygen atoms in total. The first-order chi connectivity index (χ1) is 28.2. The van der Waals surface area contributed by atoms with E-state index in [-0.39, 0.29) is 86.2 Å². The minimum atomic E-state index is -1.88. The Bertz CT molecular complexity index is 2280. The van der Waals surface area contributed by atoms with Gasteiger partial charge in [-0.25, -0.2) is 0 Å². The van der Waals surface area contributed by atoms with Crippen molar-refractivity contribution in [3.05, 3.63) is 58.0 Å². The number of hydrogen-bond donors (Lipinski definition) is 4. The third-order valence-corrected chi connectivity index (χ3v) is 12.9. The smallest absolute Gasteiger partial charge is 0.312 e. The fraction of sp³-hybridized carbons (Fsp3) is 0.609. The van der Waals surface area contributed by atoms with Gasteiger partial charge in [0.15, 0.2) is 17.2 Å². The predicted molar refractivity (Wildman–Crippen MR) is 225 cm³/mol. The van der Waals surface area contributed by atoms with Crippen LogP contribution in [0.3, 0.4) is 0 Å². The number of rotatable bonds is 3. The molecule has 14 heteroatoms. The van der Waals surface area contributed by atoms with Gasteiger partial charge in [0.25, 0.3) is 11.7 Å². The minimum Gasteiger partial charge on any atom is -0.507 e. The number of fused-ring (bicyclic) bond motifs is 9. The van der Waals surface area contributed by atoms with E-state index in [1.165, 1.54) is 20.3 Å². The molecule has 60 heavy (non-hydrogen) atoms. The van der Waals surface area contributed by atoms with Gasteiger partial charge in [0, 0.05) is 87.2 Å². The first kappa shape index (κ1) is 43.7. The number of methoxy groups -OCH3 is 1. The molecule has 8 atom stereocenters. The highest BCUT2D eigenvalue weighted by Crippen LogP contribution is 2.50. The molecule has 1 amide bonds. The number of carbonyl (C=O) groups excluding carboxylic acids is 2. The summed E-state index contributed by atoms with van der Waals surface area (Å²) in [6.45, 7) is 21.3. The second-order valence-corrected chi connectivity index (χ2v) is 18.5. The molecule has 6 heterocycles. The summed E-state index contributed by atoms with van der Waals surface area (Å²) in [4.78, 5) is 41.4. The zero-order chi connectivity index (χ0) is 43.6. The SMILES string of the molecule is CO[C@H]1/C=C/O[C@@]2(C)Oc3c(C)c(O)c4c(O)c(c5c(c4c3C2=O)=NC2(CCN(CC(C)C)CC2)N=5)NC(=O)/C(C)=C\C=C\[C@H](C)[C@@H]2OC(C)(C)O[C@@H]([C@@H](C)[C@H](O)C1)[C@@H]2C. The lowest BCUT2D eigenvalue weighted by Gasteiger charge is -2.49. The summed E-state index contributed by atoms with van der Waals surface area (Å²) >= 11 is 0. The first-order valence-corrected chi connectivity index (χ1v) is 21.3. The number of ether oxygens (including phenoxy) is 5. The van der Waals surface area contributed by atoms with Crippen molar-refractivity contribution < 1.29 is 48.6 Å². The number of nitrogens with zero attached hydrogens (tertiary/aromatic N) is 3. The Morgan fingerprint density at radius 1 is 0.950 bits per heavy atom. The van der Waals surface area contributed by atoms with Crippen LogP contribution in [-0.4, -0.2) is 100 Å². The maximum Gasteiger partial charge on any atom is 0.312 e. The standard InChI is InChI=1S/C46H62N4O10/c1-23(2)22-50-18-16-46(17-19-50)48-34-31-32-37(52)27(6)41-33(31)42(54)45(10,60-41)57-20-15-29(56-11)21-30(51)26(5)40-28(7)39(58-44(8,9)59-40)24(3)13-12-14-25(4)43(55)47-36(38(32)53)35(34)49-46/h12-15,20,23-24,26,28-30,39-40,51-53H,16-19,21-22H2,1-11H3,(H,47,55)/b13-12+,20-15+,25-14-/t24-,26-,28+,29-,30+,39-,40-,45-/m0/s1. The normalized spacial score (nSPS) is 33.7. The lowest BCUT2D eigenvalue weighted by atomic mass is 9.79. The van der Waals surface area contributed by atoms with Gasteiger partial charge in [-0.3, -0.25) is 19.6 Å². The van der Waals surface area contributed by atoms with Gasteiger partial charge in [-0.15, -0.1) is 0 Å². The number of anilines is 1. The van der Waals surface area contributed by atoms with Crippen LogP contribution >= 0.6 is 0 Å². The van der Waals surface area contributed by atoms with Gasteiger partial charge in [0.2, 0.25) is 0 Å². The summed E-state index contributed by atoms with van der Waals surface area (Å²) < 4.78 is 31.0. The molecule has 6 aliphatic rings. The molecule has 0 saturated carbocycles. The molecule has 4 N–H and O–H groups in total. The highest BCUT2D eigenvalue weighted by Gasteiger charge is 2.50. The van der Waals surface area contributed by atoms with E-state index >= 15 is 0 Å². The number of piperidine rings is 1. The summed E-state index contributed by atoms with van der Waals surface area (Å²) in [5.41, 5.74) is -0.304. The average Bonchev–Trinajstić information content (AvgIpc) is 3.69. The molecule has 0 aromatic heterocycles. The maximum atomic E-state index is 14.7. The third-order valence-electron chi connectivity index (χ3n) is 12.9. The van der Waals surface area contributed by atoms with E-state index < -0.39 is 46.9 Å². The molecule has 0 unspecified atom stereocenters. The monoisotopic (exact) mass is 830 g/mol. The fourth-order valence-electron chi connectivity index (χ4n) is 9.49. The summed E-state index contributed by atoms with van der Waals surface area (Å²) in [6, 6.07) is 0. The van der Waals surface area contributed by atoms with Gasteiger partial charge in [0.05, 0.1) is 47.0 Å². The number of benzene rings is 2. The number of phenols is 2. The molecule has 6 aliphatic heterocycles. The number of aliphatic hydroxyl groups excluding tert-OH is 1. The van der Waals surface area contributed by atoms with Crippen molar-refractivity contribution in [2.75, 3.05) is 32.1 Å². The summed E-state index contributed by atoms with van der Waals surface area (Å²) in [5.74, 6) is -4.62. The number of nitrogens with one attached hydrogen (secondary N) is 1. The second-order valence-electron chi connectivity index (χ2n) is 18.5. The van der Waals surface area contributed by atoms with E-state index in [1.54, 1.807) is 26.0 Å². The van der Waals surface area contributed by atoms with E-state index in [1.807, 2.05) is 39.8 Å². The Hall–Kier alpha value is -4.34.